The van der Waals surface area contributed by atoms with Crippen molar-refractivity contribution in [3.63, 3.8) is 0 Å². The Morgan fingerprint density at radius 2 is 2.21 bits per heavy atom. The molecule has 0 bridgehead atoms. The average Bonchev–Trinajstić information content (AvgIpc) is 2.38. The second-order valence-electron chi connectivity index (χ2n) is 4.51. The number of carboxylic acids is 1. The molecule has 0 spiro atoms. The Morgan fingerprint density at radius 1 is 1.53 bits per heavy atom. The van der Waals surface area contributed by atoms with E-state index in [4.69, 9.17) is 20.1 Å². The van der Waals surface area contributed by atoms with E-state index in [9.17, 15) is 9.59 Å². The highest BCUT2D eigenvalue weighted by atomic mass is 16.5. The lowest BCUT2D eigenvalue weighted by Crippen LogP contribution is -2.55. The summed E-state index contributed by atoms with van der Waals surface area (Å²) in [6.45, 7) is 2.36. The van der Waals surface area contributed by atoms with Crippen LogP contribution in [0.1, 0.15) is 13.3 Å². The third kappa shape index (κ3) is 4.66. The first-order chi connectivity index (χ1) is 8.95. The first-order valence-electron chi connectivity index (χ1n) is 6.13. The Balaban J connectivity index is 2.37. The highest BCUT2D eigenvalue weighted by Crippen LogP contribution is 2.11. The summed E-state index contributed by atoms with van der Waals surface area (Å²) in [6, 6.07) is -0.473. The zero-order valence-electron chi connectivity index (χ0n) is 10.8. The topological polar surface area (TPSA) is 119 Å². The van der Waals surface area contributed by atoms with E-state index in [0.29, 0.717) is 6.61 Å². The van der Waals surface area contributed by atoms with E-state index in [1.54, 1.807) is 0 Å². The monoisotopic (exact) mass is 276 g/mol. The number of nitrogens with zero attached hydrogens (tertiary/aromatic N) is 1. The molecule has 8 nitrogen and oxygen atoms in total. The fraction of sp³-hybridized carbons (Fsp3) is 0.818. The lowest BCUT2D eigenvalue weighted by atomic mass is 10.2. The highest BCUT2D eigenvalue weighted by Gasteiger charge is 2.29. The summed E-state index contributed by atoms with van der Waals surface area (Å²) in [5.41, 5.74) is 0. The van der Waals surface area contributed by atoms with Crippen LogP contribution in [0.2, 0.25) is 0 Å². The fourth-order valence-electron chi connectivity index (χ4n) is 1.75. The van der Waals surface area contributed by atoms with Gasteiger partial charge in [0.1, 0.15) is 0 Å². The van der Waals surface area contributed by atoms with Gasteiger partial charge in [-0.1, -0.05) is 0 Å². The molecule has 19 heavy (non-hydrogen) atoms. The number of hydrogen-bond acceptors (Lipinski definition) is 5. The molecule has 0 aromatic heterocycles. The second kappa shape index (κ2) is 7.27. The molecule has 0 aliphatic carbocycles. The van der Waals surface area contributed by atoms with Crippen molar-refractivity contribution in [2.24, 2.45) is 0 Å². The Hall–Kier alpha value is -1.38. The summed E-state index contributed by atoms with van der Waals surface area (Å²) in [4.78, 5) is 23.8. The van der Waals surface area contributed by atoms with Crippen molar-refractivity contribution < 1.29 is 29.6 Å². The van der Waals surface area contributed by atoms with Gasteiger partial charge in [0, 0.05) is 13.0 Å². The van der Waals surface area contributed by atoms with Gasteiger partial charge < -0.3 is 30.3 Å². The standard InChI is InChI=1S/C11H20N2O6/c1-7-6-19-8(5-14)4-13(7)11(18)12-3-2-9(15)10(16)17/h7-9,14-15H,2-6H2,1H3,(H,12,18)(H,16,17). The van der Waals surface area contributed by atoms with Crippen LogP contribution in [0.25, 0.3) is 0 Å². The lowest BCUT2D eigenvalue weighted by molar-refractivity contribution is -0.146. The molecule has 0 radical (unpaired) electrons. The molecule has 0 saturated carbocycles. The third-order valence-electron chi connectivity index (χ3n) is 2.95. The first-order valence-corrected chi connectivity index (χ1v) is 6.13. The summed E-state index contributed by atoms with van der Waals surface area (Å²) in [5.74, 6) is -1.31. The van der Waals surface area contributed by atoms with Gasteiger partial charge in [-0.15, -0.1) is 0 Å². The highest BCUT2D eigenvalue weighted by molar-refractivity contribution is 5.75. The first kappa shape index (κ1) is 15.7. The molecule has 0 aromatic rings. The van der Waals surface area contributed by atoms with Crippen molar-refractivity contribution in [3.05, 3.63) is 0 Å². The Morgan fingerprint density at radius 3 is 2.79 bits per heavy atom. The minimum atomic E-state index is -1.48. The fourth-order valence-corrected chi connectivity index (χ4v) is 1.75. The van der Waals surface area contributed by atoms with E-state index in [-0.39, 0.29) is 38.2 Å². The molecule has 0 aromatic carbocycles. The van der Waals surface area contributed by atoms with Gasteiger partial charge >= 0.3 is 12.0 Å². The number of carbonyl (C=O) groups excluding carboxylic acids is 1. The third-order valence-corrected chi connectivity index (χ3v) is 2.95. The van der Waals surface area contributed by atoms with Crippen LogP contribution in [0.4, 0.5) is 4.79 Å². The van der Waals surface area contributed by atoms with Gasteiger partial charge in [0.15, 0.2) is 6.10 Å². The maximum Gasteiger partial charge on any atom is 0.332 e. The Bertz CT molecular complexity index is 324. The number of aliphatic hydroxyl groups is 2. The number of aliphatic hydroxyl groups excluding tert-OH is 2. The SMILES string of the molecule is CC1COC(CO)CN1C(=O)NCCC(O)C(=O)O. The van der Waals surface area contributed by atoms with Gasteiger partial charge in [-0.05, 0) is 6.92 Å². The van der Waals surface area contributed by atoms with Crippen molar-refractivity contribution in [3.8, 4) is 0 Å². The Kier molecular flexibility index (Phi) is 6.00. The van der Waals surface area contributed by atoms with Gasteiger partial charge in [0.05, 0.1) is 31.9 Å². The van der Waals surface area contributed by atoms with Crippen LogP contribution in [-0.2, 0) is 9.53 Å². The number of carboxylic acid groups (broad SMARTS) is 1. The molecule has 3 unspecified atom stereocenters. The minimum Gasteiger partial charge on any atom is -0.479 e. The maximum atomic E-state index is 11.9. The summed E-state index contributed by atoms with van der Waals surface area (Å²) in [5, 5.41) is 29.1. The van der Waals surface area contributed by atoms with Gasteiger partial charge in [-0.2, -0.15) is 0 Å². The van der Waals surface area contributed by atoms with Crippen LogP contribution < -0.4 is 5.32 Å². The summed E-state index contributed by atoms with van der Waals surface area (Å²) in [6.07, 6.45) is -1.93. The normalized spacial score (nSPS) is 24.9. The predicted molar refractivity (Wildman–Crippen MR) is 64.7 cm³/mol. The van der Waals surface area contributed by atoms with Gasteiger partial charge in [0.25, 0.3) is 0 Å². The van der Waals surface area contributed by atoms with Crippen molar-refractivity contribution in [2.45, 2.75) is 31.6 Å². The number of hydrogen-bond donors (Lipinski definition) is 4. The number of carbonyl (C=O) groups is 2. The van der Waals surface area contributed by atoms with Crippen molar-refractivity contribution in [1.29, 1.82) is 0 Å². The van der Waals surface area contributed by atoms with E-state index in [1.165, 1.54) is 4.90 Å². The summed E-state index contributed by atoms with van der Waals surface area (Å²) in [7, 11) is 0. The van der Waals surface area contributed by atoms with E-state index < -0.39 is 18.2 Å². The smallest absolute Gasteiger partial charge is 0.332 e. The summed E-state index contributed by atoms with van der Waals surface area (Å²) < 4.78 is 5.30. The molecule has 2 amide bonds. The van der Waals surface area contributed by atoms with Gasteiger partial charge in [-0.3, -0.25) is 0 Å². The largest absolute Gasteiger partial charge is 0.479 e. The quantitative estimate of drug-likeness (QED) is 0.491. The number of morpholine rings is 1. The van der Waals surface area contributed by atoms with Crippen LogP contribution in [0.15, 0.2) is 0 Å². The number of nitrogens with one attached hydrogen (secondary N) is 1. The zero-order valence-corrected chi connectivity index (χ0v) is 10.8. The molecule has 8 heteroatoms. The summed E-state index contributed by atoms with van der Waals surface area (Å²) >= 11 is 0. The van der Waals surface area contributed by atoms with E-state index in [1.807, 2.05) is 6.92 Å². The lowest BCUT2D eigenvalue weighted by Gasteiger charge is -2.37. The van der Waals surface area contributed by atoms with Crippen LogP contribution in [-0.4, -0.2) is 76.8 Å². The van der Waals surface area contributed by atoms with E-state index >= 15 is 0 Å². The molecular weight excluding hydrogens is 256 g/mol. The van der Waals surface area contributed by atoms with E-state index in [2.05, 4.69) is 5.32 Å². The molecule has 4 N–H and O–H groups in total. The molecule has 110 valence electrons. The number of ether oxygens (including phenoxy) is 1. The van der Waals surface area contributed by atoms with E-state index in [0.717, 1.165) is 0 Å². The van der Waals surface area contributed by atoms with Gasteiger partial charge in [0.2, 0.25) is 0 Å². The predicted octanol–water partition coefficient (Wildman–Crippen LogP) is -1.39. The number of rotatable bonds is 5. The molecule has 1 saturated heterocycles. The van der Waals surface area contributed by atoms with Crippen molar-refractivity contribution >= 4 is 12.0 Å². The molecule has 1 fully saturated rings. The van der Waals surface area contributed by atoms with Crippen LogP contribution in [0, 0.1) is 0 Å². The maximum absolute atomic E-state index is 11.9. The number of aliphatic carboxylic acids is 1. The molecule has 3 atom stereocenters. The molecule has 1 heterocycles. The number of urea groups is 1. The second-order valence-corrected chi connectivity index (χ2v) is 4.51. The van der Waals surface area contributed by atoms with Crippen LogP contribution in [0.5, 0.6) is 0 Å². The van der Waals surface area contributed by atoms with Crippen molar-refractivity contribution in [2.75, 3.05) is 26.3 Å². The van der Waals surface area contributed by atoms with Crippen LogP contribution in [0.3, 0.4) is 0 Å². The van der Waals surface area contributed by atoms with Crippen LogP contribution >= 0.6 is 0 Å². The molecule has 1 aliphatic rings. The number of amides is 2. The minimum absolute atomic E-state index is 0.0524. The van der Waals surface area contributed by atoms with Gasteiger partial charge in [-0.25, -0.2) is 9.59 Å². The molecule has 1 rings (SSSR count). The Labute approximate surface area is 111 Å². The molecule has 1 aliphatic heterocycles. The molecular formula is C11H20N2O6. The van der Waals surface area contributed by atoms with Crippen molar-refractivity contribution in [1.82, 2.24) is 10.2 Å². The average molecular weight is 276 g/mol. The zero-order chi connectivity index (χ0) is 14.4.